The molecule has 1 heterocycles. The number of rotatable bonds is 10. The Morgan fingerprint density at radius 2 is 1.81 bits per heavy atom. The van der Waals surface area contributed by atoms with Crippen LogP contribution in [0.4, 0.5) is 0 Å². The lowest BCUT2D eigenvalue weighted by Crippen LogP contribution is -2.27. The number of aryl methyl sites for hydroxylation is 4. The minimum absolute atomic E-state index is 0.0657. The van der Waals surface area contributed by atoms with E-state index in [2.05, 4.69) is 32.9 Å². The van der Waals surface area contributed by atoms with Gasteiger partial charge >= 0.3 is 0 Å². The van der Waals surface area contributed by atoms with E-state index in [-0.39, 0.29) is 19.0 Å². The van der Waals surface area contributed by atoms with Crippen LogP contribution in [0, 0.1) is 26.2 Å². The third-order valence-corrected chi connectivity index (χ3v) is 8.55. The standard InChI is InChI=1S/C27H38O4S/c1-6-27(7-2)11-10-22-23(14-27)19(5)32-26(22)24(30)9-8-20-12-17(3)25(18(4)13-20)31-16-21(29)15-28/h12-13,21,28-29H,6-11,14-16H2,1-5H3/t21-/m1/s1. The predicted molar refractivity (Wildman–Crippen MR) is 131 cm³/mol. The Morgan fingerprint density at radius 1 is 1.16 bits per heavy atom. The molecule has 0 bridgehead atoms. The van der Waals surface area contributed by atoms with E-state index in [9.17, 15) is 9.90 Å². The van der Waals surface area contributed by atoms with E-state index in [1.165, 1.54) is 35.3 Å². The molecule has 0 unspecified atom stereocenters. The van der Waals surface area contributed by atoms with Gasteiger partial charge in [-0.2, -0.15) is 0 Å². The van der Waals surface area contributed by atoms with Crippen LogP contribution in [0.25, 0.3) is 0 Å². The zero-order chi connectivity index (χ0) is 23.5. The molecular weight excluding hydrogens is 420 g/mol. The molecule has 3 rings (SSSR count). The number of benzene rings is 1. The lowest BCUT2D eigenvalue weighted by molar-refractivity contribution is 0.0531. The maximum atomic E-state index is 13.2. The van der Waals surface area contributed by atoms with E-state index >= 15 is 0 Å². The van der Waals surface area contributed by atoms with Crippen molar-refractivity contribution in [2.24, 2.45) is 5.41 Å². The molecule has 176 valence electrons. The van der Waals surface area contributed by atoms with Crippen molar-refractivity contribution in [2.75, 3.05) is 13.2 Å². The first-order valence-corrected chi connectivity index (χ1v) is 12.7. The highest BCUT2D eigenvalue weighted by atomic mass is 32.1. The van der Waals surface area contributed by atoms with Crippen LogP contribution in [0.2, 0.25) is 0 Å². The predicted octanol–water partition coefficient (Wildman–Crippen LogP) is 5.52. The number of hydrogen-bond acceptors (Lipinski definition) is 5. The number of carbonyl (C=O) groups excluding carboxylic acids is 1. The number of hydrogen-bond donors (Lipinski definition) is 2. The number of ether oxygens (including phenoxy) is 1. The van der Waals surface area contributed by atoms with Crippen LogP contribution >= 0.6 is 11.3 Å². The molecule has 1 atom stereocenters. The number of aliphatic hydroxyl groups excluding tert-OH is 2. The second kappa shape index (κ2) is 10.5. The lowest BCUT2D eigenvalue weighted by Gasteiger charge is -2.36. The van der Waals surface area contributed by atoms with Crippen LogP contribution in [-0.4, -0.2) is 35.3 Å². The van der Waals surface area contributed by atoms with E-state index in [0.717, 1.165) is 40.2 Å². The molecule has 0 saturated carbocycles. The number of thiophene rings is 1. The summed E-state index contributed by atoms with van der Waals surface area (Å²) in [7, 11) is 0. The first-order valence-electron chi connectivity index (χ1n) is 11.9. The molecule has 0 fully saturated rings. The van der Waals surface area contributed by atoms with Gasteiger partial charge in [-0.25, -0.2) is 0 Å². The summed E-state index contributed by atoms with van der Waals surface area (Å²) in [5.41, 5.74) is 6.28. The fourth-order valence-corrected chi connectivity index (χ4v) is 6.26. The SMILES string of the molecule is CCC1(CC)CCc2c(C(=O)CCc3cc(C)c(OC[C@H](O)CO)c(C)c3)sc(C)c2C1. The van der Waals surface area contributed by atoms with E-state index in [0.29, 0.717) is 18.3 Å². The van der Waals surface area contributed by atoms with E-state index < -0.39 is 6.10 Å². The molecule has 0 aliphatic heterocycles. The number of Topliss-reactive ketones (excluding diaryl/α,β-unsaturated/α-hetero) is 1. The molecular formula is C27H38O4S. The van der Waals surface area contributed by atoms with Gasteiger partial charge < -0.3 is 14.9 Å². The van der Waals surface area contributed by atoms with Crippen molar-refractivity contribution >= 4 is 17.1 Å². The summed E-state index contributed by atoms with van der Waals surface area (Å²) in [5, 5.41) is 18.5. The van der Waals surface area contributed by atoms with Crippen molar-refractivity contribution in [3.05, 3.63) is 49.7 Å². The molecule has 5 heteroatoms. The van der Waals surface area contributed by atoms with Crippen LogP contribution in [0.15, 0.2) is 12.1 Å². The molecule has 1 aliphatic carbocycles. The summed E-state index contributed by atoms with van der Waals surface area (Å²) in [5.74, 6) is 1.01. The quantitative estimate of drug-likeness (QED) is 0.460. The average molecular weight is 459 g/mol. The zero-order valence-corrected chi connectivity index (χ0v) is 21.0. The molecule has 1 aromatic heterocycles. The molecule has 0 radical (unpaired) electrons. The third-order valence-electron chi connectivity index (χ3n) is 7.32. The summed E-state index contributed by atoms with van der Waals surface area (Å²) >= 11 is 1.70. The topological polar surface area (TPSA) is 66.8 Å². The Kier molecular flexibility index (Phi) is 8.18. The van der Waals surface area contributed by atoms with Crippen molar-refractivity contribution in [2.45, 2.75) is 85.7 Å². The molecule has 32 heavy (non-hydrogen) atoms. The van der Waals surface area contributed by atoms with Gasteiger partial charge in [0.25, 0.3) is 0 Å². The first-order chi connectivity index (χ1) is 15.2. The highest BCUT2D eigenvalue weighted by Crippen LogP contribution is 2.45. The van der Waals surface area contributed by atoms with E-state index in [1.54, 1.807) is 11.3 Å². The van der Waals surface area contributed by atoms with Gasteiger partial charge in [-0.3, -0.25) is 4.79 Å². The summed E-state index contributed by atoms with van der Waals surface area (Å²) in [6.45, 7) is 10.5. The molecule has 1 aliphatic rings. The summed E-state index contributed by atoms with van der Waals surface area (Å²) in [6, 6.07) is 4.12. The van der Waals surface area contributed by atoms with Crippen molar-refractivity contribution in [3.63, 3.8) is 0 Å². The fourth-order valence-electron chi connectivity index (χ4n) is 5.07. The van der Waals surface area contributed by atoms with Gasteiger partial charge in [0.15, 0.2) is 5.78 Å². The van der Waals surface area contributed by atoms with Gasteiger partial charge in [-0.15, -0.1) is 11.3 Å². The highest BCUT2D eigenvalue weighted by Gasteiger charge is 2.35. The molecule has 2 aromatic rings. The van der Waals surface area contributed by atoms with Gasteiger partial charge in [-0.05, 0) is 79.7 Å². The Labute approximate surface area is 196 Å². The van der Waals surface area contributed by atoms with Gasteiger partial charge in [0.05, 0.1) is 11.5 Å². The molecule has 2 N–H and O–H groups in total. The lowest BCUT2D eigenvalue weighted by atomic mass is 9.68. The Bertz CT molecular complexity index is 932. The van der Waals surface area contributed by atoms with Crippen molar-refractivity contribution < 1.29 is 19.7 Å². The largest absolute Gasteiger partial charge is 0.490 e. The molecule has 0 saturated heterocycles. The Morgan fingerprint density at radius 3 is 2.41 bits per heavy atom. The maximum Gasteiger partial charge on any atom is 0.173 e. The van der Waals surface area contributed by atoms with Crippen LogP contribution in [0.3, 0.4) is 0 Å². The second-order valence-corrected chi connectivity index (χ2v) is 10.7. The van der Waals surface area contributed by atoms with Crippen molar-refractivity contribution in [1.82, 2.24) is 0 Å². The third kappa shape index (κ3) is 5.27. The van der Waals surface area contributed by atoms with Crippen LogP contribution in [0.1, 0.15) is 81.9 Å². The van der Waals surface area contributed by atoms with Crippen molar-refractivity contribution in [3.8, 4) is 5.75 Å². The summed E-state index contributed by atoms with van der Waals surface area (Å²) < 4.78 is 5.70. The van der Waals surface area contributed by atoms with Gasteiger partial charge in [0, 0.05) is 11.3 Å². The minimum atomic E-state index is -0.883. The van der Waals surface area contributed by atoms with Crippen LogP contribution in [-0.2, 0) is 19.3 Å². The zero-order valence-electron chi connectivity index (χ0n) is 20.2. The summed E-state index contributed by atoms with van der Waals surface area (Å²) in [6.07, 6.45) is 6.10. The molecule has 4 nitrogen and oxygen atoms in total. The highest BCUT2D eigenvalue weighted by molar-refractivity contribution is 7.14. The number of aliphatic hydroxyl groups is 2. The molecule has 1 aromatic carbocycles. The number of carbonyl (C=O) groups is 1. The van der Waals surface area contributed by atoms with Crippen molar-refractivity contribution in [1.29, 1.82) is 0 Å². The molecule has 0 spiro atoms. The Hall–Kier alpha value is -1.69. The maximum absolute atomic E-state index is 13.2. The van der Waals surface area contributed by atoms with Gasteiger partial charge in [0.1, 0.15) is 18.5 Å². The number of fused-ring (bicyclic) bond motifs is 1. The summed E-state index contributed by atoms with van der Waals surface area (Å²) in [4.78, 5) is 15.5. The monoisotopic (exact) mass is 458 g/mol. The van der Waals surface area contributed by atoms with Crippen LogP contribution < -0.4 is 4.74 Å². The smallest absolute Gasteiger partial charge is 0.173 e. The second-order valence-electron chi connectivity index (χ2n) is 9.46. The number of ketones is 1. The average Bonchev–Trinajstić information content (AvgIpc) is 3.12. The van der Waals surface area contributed by atoms with E-state index in [1.807, 2.05) is 13.8 Å². The minimum Gasteiger partial charge on any atom is -0.490 e. The van der Waals surface area contributed by atoms with E-state index in [4.69, 9.17) is 9.84 Å². The van der Waals surface area contributed by atoms with Gasteiger partial charge in [-0.1, -0.05) is 38.8 Å². The first kappa shape index (κ1) is 24.9. The molecule has 0 amide bonds. The fraction of sp³-hybridized carbons (Fsp3) is 0.593. The normalized spacial score (nSPS) is 16.0. The van der Waals surface area contributed by atoms with Crippen LogP contribution in [0.5, 0.6) is 5.75 Å². The Balaban J connectivity index is 1.69. The van der Waals surface area contributed by atoms with Gasteiger partial charge in [0.2, 0.25) is 0 Å².